The largest absolute Gasteiger partial charge is 0.294 e. The Kier molecular flexibility index (Phi) is 2.94. The Hall–Kier alpha value is -0.870. The van der Waals surface area contributed by atoms with E-state index in [4.69, 9.17) is 4.55 Å². The van der Waals surface area contributed by atoms with E-state index in [9.17, 15) is 8.42 Å². The van der Waals surface area contributed by atoms with Crippen molar-refractivity contribution in [2.24, 2.45) is 0 Å². The predicted octanol–water partition coefficient (Wildman–Crippen LogP) is 2.54. The molecule has 0 saturated heterocycles. The molecule has 0 radical (unpaired) electrons. The number of hydrogen-bond donors (Lipinski definition) is 1. The van der Waals surface area contributed by atoms with Crippen molar-refractivity contribution in [3.05, 3.63) is 29.3 Å². The van der Waals surface area contributed by atoms with Gasteiger partial charge in [0.1, 0.15) is 0 Å². The maximum absolute atomic E-state index is 10.9. The van der Waals surface area contributed by atoms with Crippen molar-refractivity contribution in [2.75, 3.05) is 0 Å². The van der Waals surface area contributed by atoms with Crippen LogP contribution in [0.2, 0.25) is 0 Å². The highest BCUT2D eigenvalue weighted by Crippen LogP contribution is 2.27. The third-order valence-corrected chi connectivity index (χ3v) is 3.15. The van der Waals surface area contributed by atoms with E-state index in [2.05, 4.69) is 20.8 Å². The van der Waals surface area contributed by atoms with Crippen LogP contribution in [0.4, 0.5) is 0 Å². The zero-order valence-corrected chi connectivity index (χ0v) is 10.2. The Morgan fingerprint density at radius 2 is 1.73 bits per heavy atom. The standard InChI is InChI=1S/C11H16O3S/c1-8-7-9(15(12,13)14)5-6-10(8)11(2,3)4/h5-7H,1-4H3,(H,12,13,14). The summed E-state index contributed by atoms with van der Waals surface area (Å²) in [5.74, 6) is 0. The van der Waals surface area contributed by atoms with Crippen LogP contribution in [0.1, 0.15) is 31.9 Å². The number of aryl methyl sites for hydroxylation is 1. The summed E-state index contributed by atoms with van der Waals surface area (Å²) >= 11 is 0. The molecule has 84 valence electrons. The summed E-state index contributed by atoms with van der Waals surface area (Å²) in [6, 6.07) is 4.68. The molecule has 0 atom stereocenters. The Bertz CT molecular complexity index is 467. The van der Waals surface area contributed by atoms with Crippen LogP contribution in [0.25, 0.3) is 0 Å². The maximum Gasteiger partial charge on any atom is 0.294 e. The lowest BCUT2D eigenvalue weighted by Gasteiger charge is -2.21. The first-order valence-corrected chi connectivity index (χ1v) is 6.15. The van der Waals surface area contributed by atoms with Crippen molar-refractivity contribution < 1.29 is 13.0 Å². The van der Waals surface area contributed by atoms with E-state index in [0.29, 0.717) is 0 Å². The highest BCUT2D eigenvalue weighted by atomic mass is 32.2. The molecule has 4 heteroatoms. The summed E-state index contributed by atoms with van der Waals surface area (Å²) in [6.07, 6.45) is 0. The van der Waals surface area contributed by atoms with Gasteiger partial charge < -0.3 is 0 Å². The Morgan fingerprint density at radius 1 is 1.20 bits per heavy atom. The predicted molar refractivity (Wildman–Crippen MR) is 59.7 cm³/mol. The van der Waals surface area contributed by atoms with Crippen molar-refractivity contribution in [3.8, 4) is 0 Å². The van der Waals surface area contributed by atoms with Gasteiger partial charge in [0.2, 0.25) is 0 Å². The molecule has 0 fully saturated rings. The van der Waals surface area contributed by atoms with Crippen molar-refractivity contribution >= 4 is 10.1 Å². The molecule has 0 bridgehead atoms. The summed E-state index contributed by atoms with van der Waals surface area (Å²) in [4.78, 5) is -0.0481. The van der Waals surface area contributed by atoms with E-state index in [1.807, 2.05) is 6.92 Å². The second-order valence-electron chi connectivity index (χ2n) is 4.70. The smallest absolute Gasteiger partial charge is 0.282 e. The SMILES string of the molecule is Cc1cc(S(=O)(=O)O)ccc1C(C)(C)C. The van der Waals surface area contributed by atoms with Gasteiger partial charge in [0.15, 0.2) is 0 Å². The molecule has 0 spiro atoms. The molecule has 0 aromatic heterocycles. The number of benzene rings is 1. The van der Waals surface area contributed by atoms with Crippen molar-refractivity contribution in [2.45, 2.75) is 38.0 Å². The molecular weight excluding hydrogens is 212 g/mol. The number of rotatable bonds is 1. The summed E-state index contributed by atoms with van der Waals surface area (Å²) in [5.41, 5.74) is 1.93. The number of hydrogen-bond acceptors (Lipinski definition) is 2. The van der Waals surface area contributed by atoms with E-state index >= 15 is 0 Å². The minimum atomic E-state index is -4.09. The van der Waals surface area contributed by atoms with Gasteiger partial charge in [0.25, 0.3) is 10.1 Å². The minimum Gasteiger partial charge on any atom is -0.282 e. The topological polar surface area (TPSA) is 54.4 Å². The van der Waals surface area contributed by atoms with Gasteiger partial charge in [-0.1, -0.05) is 26.8 Å². The third-order valence-electron chi connectivity index (χ3n) is 2.30. The van der Waals surface area contributed by atoms with Crippen LogP contribution in [-0.2, 0) is 15.5 Å². The van der Waals surface area contributed by atoms with Crippen LogP contribution in [-0.4, -0.2) is 13.0 Å². The van der Waals surface area contributed by atoms with E-state index in [-0.39, 0.29) is 10.3 Å². The fourth-order valence-corrected chi connectivity index (χ4v) is 2.20. The fraction of sp³-hybridized carbons (Fsp3) is 0.455. The molecule has 0 aliphatic carbocycles. The molecule has 15 heavy (non-hydrogen) atoms. The average molecular weight is 228 g/mol. The van der Waals surface area contributed by atoms with Crippen LogP contribution < -0.4 is 0 Å². The molecule has 3 nitrogen and oxygen atoms in total. The fourth-order valence-electron chi connectivity index (χ4n) is 1.64. The molecule has 0 aliphatic rings. The summed E-state index contributed by atoms with van der Waals surface area (Å²) in [6.45, 7) is 8.02. The molecule has 0 unspecified atom stereocenters. The molecule has 1 aromatic rings. The van der Waals surface area contributed by atoms with Gasteiger partial charge in [0.05, 0.1) is 4.90 Å². The van der Waals surface area contributed by atoms with Gasteiger partial charge in [-0.2, -0.15) is 8.42 Å². The molecular formula is C11H16O3S. The minimum absolute atomic E-state index is 0.0260. The highest BCUT2D eigenvalue weighted by Gasteiger charge is 2.18. The van der Waals surface area contributed by atoms with Crippen molar-refractivity contribution in [3.63, 3.8) is 0 Å². The Morgan fingerprint density at radius 3 is 2.07 bits per heavy atom. The monoisotopic (exact) mass is 228 g/mol. The molecule has 0 heterocycles. The van der Waals surface area contributed by atoms with Crippen LogP contribution >= 0.6 is 0 Å². The lowest BCUT2D eigenvalue weighted by atomic mass is 9.84. The zero-order valence-electron chi connectivity index (χ0n) is 9.40. The first-order chi connectivity index (χ1) is 6.62. The molecule has 0 saturated carbocycles. The average Bonchev–Trinajstić information content (AvgIpc) is 1.99. The lowest BCUT2D eigenvalue weighted by Crippen LogP contribution is -2.13. The third kappa shape index (κ3) is 2.79. The van der Waals surface area contributed by atoms with Gasteiger partial charge in [-0.25, -0.2) is 0 Å². The van der Waals surface area contributed by atoms with E-state index in [0.717, 1.165) is 11.1 Å². The highest BCUT2D eigenvalue weighted by molar-refractivity contribution is 7.85. The van der Waals surface area contributed by atoms with E-state index < -0.39 is 10.1 Å². The quantitative estimate of drug-likeness (QED) is 0.751. The lowest BCUT2D eigenvalue weighted by molar-refractivity contribution is 0.482. The Balaban J connectivity index is 3.34. The second-order valence-corrected chi connectivity index (χ2v) is 6.12. The molecule has 1 aromatic carbocycles. The summed E-state index contributed by atoms with van der Waals surface area (Å²) < 4.78 is 30.7. The van der Waals surface area contributed by atoms with Crippen molar-refractivity contribution in [1.82, 2.24) is 0 Å². The Labute approximate surface area is 90.9 Å². The molecule has 1 rings (SSSR count). The van der Waals surface area contributed by atoms with Crippen LogP contribution in [0.15, 0.2) is 23.1 Å². The normalized spacial score (nSPS) is 12.9. The van der Waals surface area contributed by atoms with Crippen molar-refractivity contribution in [1.29, 1.82) is 0 Å². The van der Waals surface area contributed by atoms with Gasteiger partial charge in [-0.05, 0) is 35.6 Å². The van der Waals surface area contributed by atoms with Gasteiger partial charge in [-0.15, -0.1) is 0 Å². The second kappa shape index (κ2) is 3.61. The van der Waals surface area contributed by atoms with E-state index in [1.54, 1.807) is 6.07 Å². The molecule has 0 amide bonds. The van der Waals surface area contributed by atoms with Crippen LogP contribution in [0.5, 0.6) is 0 Å². The van der Waals surface area contributed by atoms with Crippen LogP contribution in [0.3, 0.4) is 0 Å². The summed E-state index contributed by atoms with van der Waals surface area (Å²) in [7, 11) is -4.09. The van der Waals surface area contributed by atoms with Gasteiger partial charge in [-0.3, -0.25) is 4.55 Å². The summed E-state index contributed by atoms with van der Waals surface area (Å²) in [5, 5.41) is 0. The zero-order chi connectivity index (χ0) is 11.9. The van der Waals surface area contributed by atoms with E-state index in [1.165, 1.54) is 12.1 Å². The van der Waals surface area contributed by atoms with Crippen LogP contribution in [0, 0.1) is 6.92 Å². The van der Waals surface area contributed by atoms with Gasteiger partial charge >= 0.3 is 0 Å². The van der Waals surface area contributed by atoms with Gasteiger partial charge in [0, 0.05) is 0 Å². The first-order valence-electron chi connectivity index (χ1n) is 4.71. The first kappa shape index (κ1) is 12.2. The maximum atomic E-state index is 10.9. The molecule has 1 N–H and O–H groups in total. The molecule has 0 aliphatic heterocycles.